The first-order valence-corrected chi connectivity index (χ1v) is 8.93. The molecule has 0 aromatic heterocycles. The maximum absolute atomic E-state index is 12.1. The summed E-state index contributed by atoms with van der Waals surface area (Å²) in [4.78, 5) is 12.1. The van der Waals surface area contributed by atoms with Gasteiger partial charge in [0.2, 0.25) is 10.0 Å². The van der Waals surface area contributed by atoms with Crippen molar-refractivity contribution in [1.29, 1.82) is 0 Å². The minimum absolute atomic E-state index is 0.0666. The van der Waals surface area contributed by atoms with E-state index in [4.69, 9.17) is 11.6 Å². The van der Waals surface area contributed by atoms with Gasteiger partial charge in [-0.05, 0) is 31.5 Å². The van der Waals surface area contributed by atoms with E-state index < -0.39 is 10.0 Å². The molecular weight excluding hydrogens is 312 g/mol. The Morgan fingerprint density at radius 1 is 1.43 bits per heavy atom. The average Bonchev–Trinajstić information content (AvgIpc) is 2.36. The summed E-state index contributed by atoms with van der Waals surface area (Å²) in [7, 11) is -1.92. The molecule has 0 fully saturated rings. The van der Waals surface area contributed by atoms with Crippen LogP contribution in [-0.4, -0.2) is 33.7 Å². The van der Waals surface area contributed by atoms with Crippen LogP contribution in [0, 0.1) is 0 Å². The minimum Gasteiger partial charge on any atom is -0.350 e. The molecule has 0 aliphatic carbocycles. The van der Waals surface area contributed by atoms with Crippen LogP contribution in [-0.2, 0) is 10.0 Å². The van der Waals surface area contributed by atoms with E-state index in [9.17, 15) is 13.2 Å². The number of rotatable bonds is 6. The molecule has 0 saturated heterocycles. The van der Waals surface area contributed by atoms with E-state index in [1.54, 1.807) is 6.07 Å². The molecule has 0 bridgehead atoms. The predicted molar refractivity (Wildman–Crippen MR) is 86.5 cm³/mol. The fourth-order valence-electron chi connectivity index (χ4n) is 1.88. The van der Waals surface area contributed by atoms with Crippen LogP contribution in [0.3, 0.4) is 0 Å². The van der Waals surface area contributed by atoms with E-state index in [-0.39, 0.29) is 17.0 Å². The van der Waals surface area contributed by atoms with Crippen LogP contribution < -0.4 is 9.62 Å². The third-order valence-electron chi connectivity index (χ3n) is 3.16. The monoisotopic (exact) mass is 332 g/mol. The third-order valence-corrected chi connectivity index (χ3v) is 4.68. The molecule has 1 aromatic rings. The standard InChI is InChI=1S/C14H21ClN2O3S/c1-5-6-10(2)16-14(18)12-8-7-11(9-13(12)15)17(3)21(4,19)20/h7-10H,5-6H2,1-4H3,(H,16,18). The number of hydrogen-bond donors (Lipinski definition) is 1. The smallest absolute Gasteiger partial charge is 0.253 e. The molecule has 21 heavy (non-hydrogen) atoms. The zero-order valence-electron chi connectivity index (χ0n) is 12.7. The SMILES string of the molecule is CCCC(C)NC(=O)c1ccc(N(C)S(C)(=O)=O)cc1Cl. The molecule has 0 aliphatic rings. The van der Waals surface area contributed by atoms with Crippen molar-refractivity contribution in [3.63, 3.8) is 0 Å². The number of carbonyl (C=O) groups excluding carboxylic acids is 1. The van der Waals surface area contributed by atoms with Gasteiger partial charge in [-0.2, -0.15) is 0 Å². The van der Waals surface area contributed by atoms with E-state index in [0.29, 0.717) is 11.3 Å². The molecule has 0 aliphatic heterocycles. The van der Waals surface area contributed by atoms with Crippen molar-refractivity contribution in [2.24, 2.45) is 0 Å². The van der Waals surface area contributed by atoms with Gasteiger partial charge in [0.1, 0.15) is 0 Å². The molecule has 0 radical (unpaired) electrons. The lowest BCUT2D eigenvalue weighted by Gasteiger charge is -2.18. The molecule has 5 nitrogen and oxygen atoms in total. The number of amides is 1. The summed E-state index contributed by atoms with van der Waals surface area (Å²) < 4.78 is 24.1. The summed E-state index contributed by atoms with van der Waals surface area (Å²) in [6.07, 6.45) is 2.97. The highest BCUT2D eigenvalue weighted by Gasteiger charge is 2.17. The Morgan fingerprint density at radius 2 is 2.05 bits per heavy atom. The van der Waals surface area contributed by atoms with Gasteiger partial charge in [0.25, 0.3) is 5.91 Å². The predicted octanol–water partition coefficient (Wildman–Crippen LogP) is 2.65. The van der Waals surface area contributed by atoms with Crippen LogP contribution in [0.2, 0.25) is 5.02 Å². The van der Waals surface area contributed by atoms with E-state index in [0.717, 1.165) is 23.4 Å². The van der Waals surface area contributed by atoms with Crippen LogP contribution in [0.4, 0.5) is 5.69 Å². The van der Waals surface area contributed by atoms with Crippen LogP contribution in [0.15, 0.2) is 18.2 Å². The number of hydrogen-bond acceptors (Lipinski definition) is 3. The molecule has 0 heterocycles. The summed E-state index contributed by atoms with van der Waals surface area (Å²) in [5, 5.41) is 3.09. The van der Waals surface area contributed by atoms with Crippen LogP contribution >= 0.6 is 11.6 Å². The highest BCUT2D eigenvalue weighted by Crippen LogP contribution is 2.24. The van der Waals surface area contributed by atoms with Gasteiger partial charge in [-0.1, -0.05) is 24.9 Å². The minimum atomic E-state index is -3.36. The molecule has 0 spiro atoms. The second-order valence-corrected chi connectivity index (χ2v) is 7.48. The van der Waals surface area contributed by atoms with Crippen LogP contribution in [0.1, 0.15) is 37.0 Å². The Labute approximate surface area is 131 Å². The molecule has 1 aromatic carbocycles. The number of sulfonamides is 1. The van der Waals surface area contributed by atoms with E-state index in [2.05, 4.69) is 5.32 Å². The highest BCUT2D eigenvalue weighted by atomic mass is 35.5. The number of anilines is 1. The number of benzene rings is 1. The van der Waals surface area contributed by atoms with Gasteiger partial charge in [-0.15, -0.1) is 0 Å². The molecule has 0 saturated carbocycles. The Hall–Kier alpha value is -1.27. The van der Waals surface area contributed by atoms with Crippen molar-refractivity contribution in [2.45, 2.75) is 32.7 Å². The van der Waals surface area contributed by atoms with E-state index in [1.807, 2.05) is 13.8 Å². The second-order valence-electron chi connectivity index (χ2n) is 5.06. The van der Waals surface area contributed by atoms with Gasteiger partial charge >= 0.3 is 0 Å². The first kappa shape index (κ1) is 17.8. The van der Waals surface area contributed by atoms with Gasteiger partial charge in [0.05, 0.1) is 22.5 Å². The summed E-state index contributed by atoms with van der Waals surface area (Å²) in [6.45, 7) is 3.98. The fraction of sp³-hybridized carbons (Fsp3) is 0.500. The molecule has 7 heteroatoms. The van der Waals surface area contributed by atoms with Crippen molar-refractivity contribution in [3.8, 4) is 0 Å². The first-order valence-electron chi connectivity index (χ1n) is 6.71. The Bertz CT molecular complexity index is 617. The average molecular weight is 333 g/mol. The highest BCUT2D eigenvalue weighted by molar-refractivity contribution is 7.92. The topological polar surface area (TPSA) is 66.5 Å². The number of nitrogens with one attached hydrogen (secondary N) is 1. The summed E-state index contributed by atoms with van der Waals surface area (Å²) in [6, 6.07) is 4.64. The van der Waals surface area contributed by atoms with Gasteiger partial charge in [0, 0.05) is 13.1 Å². The summed E-state index contributed by atoms with van der Waals surface area (Å²) in [5.41, 5.74) is 0.755. The van der Waals surface area contributed by atoms with Crippen molar-refractivity contribution in [1.82, 2.24) is 5.32 Å². The van der Waals surface area contributed by atoms with Crippen LogP contribution in [0.25, 0.3) is 0 Å². The van der Waals surface area contributed by atoms with Gasteiger partial charge in [-0.3, -0.25) is 9.10 Å². The van der Waals surface area contributed by atoms with Gasteiger partial charge in [-0.25, -0.2) is 8.42 Å². The largest absolute Gasteiger partial charge is 0.350 e. The summed E-state index contributed by atoms with van der Waals surface area (Å²) >= 11 is 6.10. The molecule has 1 rings (SSSR count). The molecule has 118 valence electrons. The molecule has 1 N–H and O–H groups in total. The molecule has 1 unspecified atom stereocenters. The van der Waals surface area contributed by atoms with Crippen molar-refractivity contribution < 1.29 is 13.2 Å². The maximum Gasteiger partial charge on any atom is 0.253 e. The summed E-state index contributed by atoms with van der Waals surface area (Å²) in [5.74, 6) is -0.255. The van der Waals surface area contributed by atoms with E-state index >= 15 is 0 Å². The van der Waals surface area contributed by atoms with Crippen LogP contribution in [0.5, 0.6) is 0 Å². The molecule has 1 amide bonds. The van der Waals surface area contributed by atoms with Gasteiger partial charge < -0.3 is 5.32 Å². The maximum atomic E-state index is 12.1. The quantitative estimate of drug-likeness (QED) is 0.870. The van der Waals surface area contributed by atoms with E-state index in [1.165, 1.54) is 19.2 Å². The Kier molecular flexibility index (Phi) is 6.04. The third kappa shape index (κ3) is 4.89. The lowest BCUT2D eigenvalue weighted by molar-refractivity contribution is 0.0938. The molecular formula is C14H21ClN2O3S. The zero-order chi connectivity index (χ0) is 16.2. The normalized spacial score (nSPS) is 12.8. The number of carbonyl (C=O) groups is 1. The number of halogens is 1. The van der Waals surface area contributed by atoms with Gasteiger partial charge in [0.15, 0.2) is 0 Å². The van der Waals surface area contributed by atoms with Crippen molar-refractivity contribution in [2.75, 3.05) is 17.6 Å². The second kappa shape index (κ2) is 7.13. The zero-order valence-corrected chi connectivity index (χ0v) is 14.3. The Balaban J connectivity index is 2.96. The lowest BCUT2D eigenvalue weighted by atomic mass is 10.1. The fourth-order valence-corrected chi connectivity index (χ4v) is 2.64. The lowest BCUT2D eigenvalue weighted by Crippen LogP contribution is -2.32. The Morgan fingerprint density at radius 3 is 2.52 bits per heavy atom. The first-order chi connectivity index (χ1) is 9.66. The number of nitrogens with zero attached hydrogens (tertiary/aromatic N) is 1. The van der Waals surface area contributed by atoms with Crippen molar-refractivity contribution >= 4 is 33.2 Å². The van der Waals surface area contributed by atoms with Crippen molar-refractivity contribution in [3.05, 3.63) is 28.8 Å². The molecule has 1 atom stereocenters.